The molecule has 0 saturated carbocycles. The largest absolute Gasteiger partial charge is 0.507 e. The second-order valence-corrected chi connectivity index (χ2v) is 10.4. The van der Waals surface area contributed by atoms with E-state index in [9.17, 15) is 10.1 Å². The number of hydrogen-bond donors (Lipinski definition) is 2. The molecule has 3 aliphatic heterocycles. The molecule has 0 amide bonds. The number of anilines is 1. The van der Waals surface area contributed by atoms with Gasteiger partial charge in [-0.1, -0.05) is 12.5 Å². The number of fused-ring (bicyclic) bond motifs is 3. The van der Waals surface area contributed by atoms with E-state index in [2.05, 4.69) is 25.0 Å². The van der Waals surface area contributed by atoms with Crippen LogP contribution in [-0.2, 0) is 7.05 Å². The predicted octanol–water partition coefficient (Wildman–Crippen LogP) is 3.33. The molecular formula is C26H33BN6O3. The summed E-state index contributed by atoms with van der Waals surface area (Å²) in [6, 6.07) is 8.63. The summed E-state index contributed by atoms with van der Waals surface area (Å²) in [7, 11) is 1.47. The van der Waals surface area contributed by atoms with Crippen LogP contribution in [0.25, 0.3) is 22.4 Å². The molecular weight excluding hydrogens is 455 g/mol. The second kappa shape index (κ2) is 9.40. The van der Waals surface area contributed by atoms with Crippen molar-refractivity contribution in [1.29, 1.82) is 0 Å². The Morgan fingerprint density at radius 3 is 2.53 bits per heavy atom. The van der Waals surface area contributed by atoms with Gasteiger partial charge in [0.25, 0.3) is 0 Å². The van der Waals surface area contributed by atoms with E-state index < -0.39 is 7.05 Å². The van der Waals surface area contributed by atoms with Crippen LogP contribution >= 0.6 is 0 Å². The average molecular weight is 488 g/mol. The molecule has 0 radical (unpaired) electrons. The lowest BCUT2D eigenvalue weighted by atomic mass is 9.70. The van der Waals surface area contributed by atoms with Gasteiger partial charge >= 0.3 is 7.05 Å². The fourth-order valence-corrected chi connectivity index (χ4v) is 6.43. The van der Waals surface area contributed by atoms with Crippen LogP contribution in [0.3, 0.4) is 0 Å². The minimum atomic E-state index is -0.402. The number of rotatable bonds is 4. The first-order valence-electron chi connectivity index (χ1n) is 13.0. The maximum Gasteiger partial charge on any atom is 0.376 e. The van der Waals surface area contributed by atoms with Crippen LogP contribution < -0.4 is 9.64 Å². The van der Waals surface area contributed by atoms with Gasteiger partial charge in [0.2, 0.25) is 0 Å². The lowest BCUT2D eigenvalue weighted by Gasteiger charge is -2.52. The summed E-state index contributed by atoms with van der Waals surface area (Å²) in [4.78, 5) is 4.71. The topological polar surface area (TPSA) is 99.8 Å². The molecule has 2 N–H and O–H groups in total. The number of phenolic OH excluding ortho intramolecular Hbond substituents is 1. The molecule has 2 unspecified atom stereocenters. The van der Waals surface area contributed by atoms with Crippen molar-refractivity contribution in [2.45, 2.75) is 63.5 Å². The summed E-state index contributed by atoms with van der Waals surface area (Å²) >= 11 is 0. The van der Waals surface area contributed by atoms with E-state index in [1.54, 1.807) is 16.9 Å². The standard InChI is InChI=1S/C26H33BN6O3/c1-27(35)33-19-5-3-6-20(33)13-21(12-19)32-9-4-10-36-25-14-23(29-30-26(25)32)22-8-7-17(11-24(22)34)18-15-28-31(2)16-18/h7-8,11,14-16,19-21,34-35H,3-6,9-10,12-13H2,1-2H3. The Morgan fingerprint density at radius 2 is 1.83 bits per heavy atom. The number of aromatic nitrogens is 4. The molecule has 0 spiro atoms. The molecule has 36 heavy (non-hydrogen) atoms. The Morgan fingerprint density at radius 1 is 1.03 bits per heavy atom. The zero-order valence-electron chi connectivity index (χ0n) is 20.9. The minimum Gasteiger partial charge on any atom is -0.507 e. The molecule has 2 bridgehead atoms. The number of aromatic hydroxyl groups is 1. The minimum absolute atomic E-state index is 0.148. The van der Waals surface area contributed by atoms with Gasteiger partial charge in [-0.2, -0.15) is 5.10 Å². The number of piperidine rings is 2. The third-order valence-electron chi connectivity index (χ3n) is 8.00. The van der Waals surface area contributed by atoms with Crippen molar-refractivity contribution in [3.63, 3.8) is 0 Å². The molecule has 2 aromatic heterocycles. The Labute approximate surface area is 211 Å². The van der Waals surface area contributed by atoms with Crippen LogP contribution in [0.15, 0.2) is 36.7 Å². The highest BCUT2D eigenvalue weighted by Crippen LogP contribution is 2.41. The lowest BCUT2D eigenvalue weighted by Crippen LogP contribution is -2.61. The quantitative estimate of drug-likeness (QED) is 0.540. The van der Waals surface area contributed by atoms with Crippen molar-refractivity contribution in [1.82, 2.24) is 24.8 Å². The van der Waals surface area contributed by atoms with Gasteiger partial charge in [0.05, 0.1) is 12.8 Å². The molecule has 6 rings (SSSR count). The van der Waals surface area contributed by atoms with Gasteiger partial charge in [-0.3, -0.25) is 4.68 Å². The highest BCUT2D eigenvalue weighted by atomic mass is 16.5. The number of ether oxygens (including phenoxy) is 1. The molecule has 9 nitrogen and oxygen atoms in total. The van der Waals surface area contributed by atoms with Gasteiger partial charge in [0.15, 0.2) is 11.6 Å². The Bertz CT molecular complexity index is 1240. The van der Waals surface area contributed by atoms with Gasteiger partial charge in [-0.05, 0) is 56.6 Å². The summed E-state index contributed by atoms with van der Waals surface area (Å²) in [5.74, 6) is 1.65. The van der Waals surface area contributed by atoms with Crippen LogP contribution in [-0.4, -0.2) is 73.2 Å². The fraction of sp³-hybridized carbons (Fsp3) is 0.500. The van der Waals surface area contributed by atoms with Crippen molar-refractivity contribution in [3.05, 3.63) is 36.7 Å². The molecule has 10 heteroatoms. The number of nitrogens with zero attached hydrogens (tertiary/aromatic N) is 6. The zero-order valence-corrected chi connectivity index (χ0v) is 20.9. The summed E-state index contributed by atoms with van der Waals surface area (Å²) < 4.78 is 7.87. The highest BCUT2D eigenvalue weighted by Gasteiger charge is 2.43. The van der Waals surface area contributed by atoms with Gasteiger partial charge in [0, 0.05) is 55.1 Å². The lowest BCUT2D eigenvalue weighted by molar-refractivity contribution is 0.0895. The van der Waals surface area contributed by atoms with E-state index in [4.69, 9.17) is 4.74 Å². The first-order valence-corrected chi connectivity index (χ1v) is 13.0. The molecule has 2 atom stereocenters. The van der Waals surface area contributed by atoms with E-state index in [-0.39, 0.29) is 5.75 Å². The van der Waals surface area contributed by atoms with Crippen molar-refractivity contribution in [2.75, 3.05) is 18.1 Å². The van der Waals surface area contributed by atoms with E-state index >= 15 is 0 Å². The summed E-state index contributed by atoms with van der Waals surface area (Å²) in [5, 5.41) is 34.6. The fourth-order valence-electron chi connectivity index (χ4n) is 6.43. The van der Waals surface area contributed by atoms with Gasteiger partial charge in [0.1, 0.15) is 11.4 Å². The first kappa shape index (κ1) is 23.3. The first-order chi connectivity index (χ1) is 17.5. The monoisotopic (exact) mass is 488 g/mol. The maximum absolute atomic E-state index is 10.8. The third-order valence-corrected chi connectivity index (χ3v) is 8.00. The van der Waals surface area contributed by atoms with Crippen LogP contribution in [0.2, 0.25) is 6.82 Å². The van der Waals surface area contributed by atoms with Crippen molar-refractivity contribution in [3.8, 4) is 33.9 Å². The van der Waals surface area contributed by atoms with Crippen LogP contribution in [0.5, 0.6) is 11.5 Å². The van der Waals surface area contributed by atoms with E-state index in [1.165, 1.54) is 6.42 Å². The number of benzene rings is 1. The Balaban J connectivity index is 1.28. The van der Waals surface area contributed by atoms with Crippen LogP contribution in [0, 0.1) is 0 Å². The van der Waals surface area contributed by atoms with Gasteiger partial charge in [-0.15, -0.1) is 10.2 Å². The van der Waals surface area contributed by atoms with Gasteiger partial charge < -0.3 is 24.6 Å². The zero-order chi connectivity index (χ0) is 24.8. The van der Waals surface area contributed by atoms with E-state index in [1.807, 2.05) is 38.3 Å². The number of aryl methyl sites for hydroxylation is 1. The Hall–Kier alpha value is -3.11. The normalized spacial score (nSPS) is 24.1. The molecule has 5 heterocycles. The van der Waals surface area contributed by atoms with Crippen LogP contribution in [0.4, 0.5) is 5.82 Å². The highest BCUT2D eigenvalue weighted by molar-refractivity contribution is 6.45. The molecule has 3 aromatic rings. The molecule has 2 saturated heterocycles. The summed E-state index contributed by atoms with van der Waals surface area (Å²) in [6.45, 7) is 3.40. The Kier molecular flexibility index (Phi) is 6.09. The summed E-state index contributed by atoms with van der Waals surface area (Å²) in [6.07, 6.45) is 10.1. The molecule has 2 fully saturated rings. The van der Waals surface area contributed by atoms with Crippen molar-refractivity contribution < 1.29 is 14.9 Å². The molecule has 3 aliphatic rings. The van der Waals surface area contributed by atoms with Crippen LogP contribution in [0.1, 0.15) is 38.5 Å². The smallest absolute Gasteiger partial charge is 0.376 e. The summed E-state index contributed by atoms with van der Waals surface area (Å²) in [5.41, 5.74) is 3.05. The third kappa shape index (κ3) is 4.22. The SMILES string of the molecule is CB(O)N1C2CCCC1CC(N1CCCOc3cc(-c4ccc(-c5cnn(C)c5)cc4O)nnc31)C2. The van der Waals surface area contributed by atoms with E-state index in [0.717, 1.165) is 61.3 Å². The van der Waals surface area contributed by atoms with Gasteiger partial charge in [-0.25, -0.2) is 0 Å². The van der Waals surface area contributed by atoms with E-state index in [0.29, 0.717) is 36.0 Å². The maximum atomic E-state index is 10.8. The molecule has 0 aliphatic carbocycles. The molecule has 188 valence electrons. The predicted molar refractivity (Wildman–Crippen MR) is 139 cm³/mol. The number of hydrogen-bond acceptors (Lipinski definition) is 8. The van der Waals surface area contributed by atoms with Crippen molar-refractivity contribution >= 4 is 12.9 Å². The molecule has 1 aromatic carbocycles. The number of phenols is 1. The average Bonchev–Trinajstić information content (AvgIpc) is 3.18. The van der Waals surface area contributed by atoms with Crippen molar-refractivity contribution in [2.24, 2.45) is 7.05 Å². The second-order valence-electron chi connectivity index (χ2n) is 10.4.